The number of fused-ring (bicyclic) bond motifs is 1. The number of nitrogens with one attached hydrogen (secondary N) is 1. The Morgan fingerprint density at radius 2 is 1.51 bits per heavy atom. The molecule has 3 aromatic carbocycles. The van der Waals surface area contributed by atoms with Crippen LogP contribution in [0.25, 0.3) is 11.1 Å². The van der Waals surface area contributed by atoms with E-state index in [4.69, 9.17) is 4.84 Å². The number of anilines is 2. The normalized spacial score (nSPS) is 16.4. The molecule has 1 amide bonds. The molecule has 9 heteroatoms. The van der Waals surface area contributed by atoms with Crippen LogP contribution in [0.4, 0.5) is 24.5 Å². The van der Waals surface area contributed by atoms with E-state index in [-0.39, 0.29) is 24.2 Å². The lowest BCUT2D eigenvalue weighted by Crippen LogP contribution is -2.35. The van der Waals surface area contributed by atoms with Gasteiger partial charge >= 0.3 is 12.3 Å². The summed E-state index contributed by atoms with van der Waals surface area (Å²) in [6, 6.07) is 18.5. The number of rotatable bonds is 6. The first kappa shape index (κ1) is 24.7. The molecule has 6 nitrogen and oxygen atoms in total. The average Bonchev–Trinajstić information content (AvgIpc) is 3.44. The number of ether oxygens (including phenoxy) is 1. The van der Waals surface area contributed by atoms with E-state index in [1.54, 1.807) is 6.07 Å². The number of carbonyl (C=O) groups is 2. The fourth-order valence-electron chi connectivity index (χ4n) is 4.75. The highest BCUT2D eigenvalue weighted by Gasteiger charge is 2.41. The molecule has 0 spiro atoms. The van der Waals surface area contributed by atoms with E-state index in [1.807, 2.05) is 43.3 Å². The molecule has 37 heavy (non-hydrogen) atoms. The van der Waals surface area contributed by atoms with Crippen LogP contribution < -0.4 is 10.1 Å². The SMILES string of the molecule is CC1(C(=O)ON2Cc3ccc(-c4ccc(Nc5ccc(OC(F)(F)F)cc5)cc4)cc3C2=O)CCCC1. The van der Waals surface area contributed by atoms with E-state index < -0.39 is 11.8 Å². The molecular formula is C28H25F3N2O4. The largest absolute Gasteiger partial charge is 0.573 e. The summed E-state index contributed by atoms with van der Waals surface area (Å²) in [4.78, 5) is 31.1. The Balaban J connectivity index is 1.24. The van der Waals surface area contributed by atoms with Gasteiger partial charge < -0.3 is 14.9 Å². The molecule has 1 saturated carbocycles. The molecule has 0 atom stereocenters. The molecule has 0 bridgehead atoms. The first-order chi connectivity index (χ1) is 17.6. The zero-order valence-electron chi connectivity index (χ0n) is 20.1. The van der Waals surface area contributed by atoms with Crippen molar-refractivity contribution in [1.82, 2.24) is 5.06 Å². The van der Waals surface area contributed by atoms with E-state index in [9.17, 15) is 22.8 Å². The quantitative estimate of drug-likeness (QED) is 0.387. The summed E-state index contributed by atoms with van der Waals surface area (Å²) >= 11 is 0. The second-order valence-electron chi connectivity index (χ2n) is 9.63. The summed E-state index contributed by atoms with van der Waals surface area (Å²) < 4.78 is 40.9. The van der Waals surface area contributed by atoms with Crippen LogP contribution in [0.15, 0.2) is 66.7 Å². The number of hydroxylamine groups is 2. The third-order valence-electron chi connectivity index (χ3n) is 6.87. The van der Waals surface area contributed by atoms with E-state index in [0.29, 0.717) is 11.3 Å². The molecule has 192 valence electrons. The fraction of sp³-hybridized carbons (Fsp3) is 0.286. The number of benzene rings is 3. The van der Waals surface area contributed by atoms with E-state index in [1.165, 1.54) is 24.3 Å². The number of amides is 1. The number of carbonyl (C=O) groups excluding carboxylic acids is 2. The van der Waals surface area contributed by atoms with E-state index >= 15 is 0 Å². The van der Waals surface area contributed by atoms with Crippen LogP contribution in [0.1, 0.15) is 48.5 Å². The molecule has 0 unspecified atom stereocenters. The highest BCUT2D eigenvalue weighted by atomic mass is 19.4. The van der Waals surface area contributed by atoms with Gasteiger partial charge in [0.1, 0.15) is 5.75 Å². The molecule has 1 fully saturated rings. The van der Waals surface area contributed by atoms with Crippen LogP contribution in [0.3, 0.4) is 0 Å². The third kappa shape index (κ3) is 5.40. The Hall–Kier alpha value is -4.01. The van der Waals surface area contributed by atoms with Crippen LogP contribution in [0, 0.1) is 5.41 Å². The number of hydrogen-bond donors (Lipinski definition) is 1. The maximum atomic E-state index is 13.0. The molecule has 5 rings (SSSR count). The highest BCUT2D eigenvalue weighted by Crippen LogP contribution is 2.39. The topological polar surface area (TPSA) is 67.9 Å². The lowest BCUT2D eigenvalue weighted by atomic mass is 9.89. The second-order valence-corrected chi connectivity index (χ2v) is 9.63. The second kappa shape index (κ2) is 9.46. The molecule has 0 saturated heterocycles. The zero-order chi connectivity index (χ0) is 26.2. The van der Waals surface area contributed by atoms with Gasteiger partial charge in [-0.1, -0.05) is 37.1 Å². The van der Waals surface area contributed by atoms with Gasteiger partial charge in [-0.3, -0.25) is 4.79 Å². The van der Waals surface area contributed by atoms with Crippen molar-refractivity contribution in [2.45, 2.75) is 45.5 Å². The Morgan fingerprint density at radius 3 is 2.14 bits per heavy atom. The summed E-state index contributed by atoms with van der Waals surface area (Å²) in [5.74, 6) is -0.972. The molecule has 1 aliphatic carbocycles. The van der Waals surface area contributed by atoms with Crippen molar-refractivity contribution in [2.24, 2.45) is 5.41 Å². The van der Waals surface area contributed by atoms with E-state index in [0.717, 1.165) is 53.1 Å². The van der Waals surface area contributed by atoms with Crippen LogP contribution >= 0.6 is 0 Å². The lowest BCUT2D eigenvalue weighted by Gasteiger charge is -2.24. The summed E-state index contributed by atoms with van der Waals surface area (Å²) in [6.45, 7) is 2.12. The van der Waals surface area contributed by atoms with Crippen LogP contribution in [-0.4, -0.2) is 23.3 Å². The Kier molecular flexibility index (Phi) is 6.31. The van der Waals surface area contributed by atoms with Crippen molar-refractivity contribution in [3.63, 3.8) is 0 Å². The maximum absolute atomic E-state index is 13.0. The van der Waals surface area contributed by atoms with Crippen molar-refractivity contribution < 1.29 is 32.3 Å². The van der Waals surface area contributed by atoms with Crippen molar-refractivity contribution in [1.29, 1.82) is 0 Å². The molecule has 1 heterocycles. The van der Waals surface area contributed by atoms with Gasteiger partial charge in [-0.2, -0.15) is 5.06 Å². The van der Waals surface area contributed by atoms with Crippen LogP contribution in [-0.2, 0) is 16.2 Å². The van der Waals surface area contributed by atoms with Gasteiger partial charge in [-0.15, -0.1) is 13.2 Å². The zero-order valence-corrected chi connectivity index (χ0v) is 20.1. The summed E-state index contributed by atoms with van der Waals surface area (Å²) in [6.07, 6.45) is -1.22. The summed E-state index contributed by atoms with van der Waals surface area (Å²) in [7, 11) is 0. The molecule has 3 aromatic rings. The Bertz CT molecular complexity index is 1310. The molecular weight excluding hydrogens is 485 g/mol. The Labute approximate surface area is 211 Å². The van der Waals surface area contributed by atoms with Gasteiger partial charge in [0.2, 0.25) is 0 Å². The minimum absolute atomic E-state index is 0.228. The minimum atomic E-state index is -4.73. The van der Waals surface area contributed by atoms with Crippen molar-refractivity contribution in [3.05, 3.63) is 77.9 Å². The monoisotopic (exact) mass is 510 g/mol. The van der Waals surface area contributed by atoms with Crippen molar-refractivity contribution >= 4 is 23.3 Å². The smallest absolute Gasteiger partial charge is 0.406 e. The number of alkyl halides is 3. The van der Waals surface area contributed by atoms with Gasteiger partial charge in [0.25, 0.3) is 5.91 Å². The van der Waals surface area contributed by atoms with Crippen LogP contribution in [0.5, 0.6) is 5.75 Å². The molecule has 2 aliphatic rings. The highest BCUT2D eigenvalue weighted by molar-refractivity contribution is 5.99. The van der Waals surface area contributed by atoms with Gasteiger partial charge in [0, 0.05) is 16.9 Å². The van der Waals surface area contributed by atoms with Crippen molar-refractivity contribution in [2.75, 3.05) is 5.32 Å². The summed E-state index contributed by atoms with van der Waals surface area (Å²) in [5, 5.41) is 4.28. The standard InChI is InChI=1S/C28H25F3N2O4/c1-27(14-2-3-15-27)26(35)37-33-17-20-5-4-19(16-24(20)25(33)34)18-6-8-21(9-7-18)32-22-10-12-23(13-11-22)36-28(29,30)31/h4-13,16,32H,2-3,14-15,17H2,1H3. The van der Waals surface area contributed by atoms with Gasteiger partial charge in [0.05, 0.1) is 12.0 Å². The summed E-state index contributed by atoms with van der Waals surface area (Å²) in [5.41, 5.74) is 3.83. The molecule has 1 aliphatic heterocycles. The number of hydrogen-bond acceptors (Lipinski definition) is 5. The van der Waals surface area contributed by atoms with Gasteiger partial charge in [-0.05, 0) is 78.9 Å². The van der Waals surface area contributed by atoms with E-state index in [2.05, 4.69) is 10.1 Å². The molecule has 0 aromatic heterocycles. The van der Waals surface area contributed by atoms with Gasteiger partial charge in [-0.25, -0.2) is 4.79 Å². The fourth-order valence-corrected chi connectivity index (χ4v) is 4.75. The Morgan fingerprint density at radius 1 is 0.919 bits per heavy atom. The van der Waals surface area contributed by atoms with Gasteiger partial charge in [0.15, 0.2) is 0 Å². The molecule has 0 radical (unpaired) electrons. The lowest BCUT2D eigenvalue weighted by molar-refractivity contribution is -0.274. The average molecular weight is 511 g/mol. The first-order valence-corrected chi connectivity index (χ1v) is 12.0. The van der Waals surface area contributed by atoms with Crippen LogP contribution in [0.2, 0.25) is 0 Å². The van der Waals surface area contributed by atoms with Crippen molar-refractivity contribution in [3.8, 4) is 16.9 Å². The third-order valence-corrected chi connectivity index (χ3v) is 6.87. The predicted molar refractivity (Wildman–Crippen MR) is 131 cm³/mol. The number of nitrogens with zero attached hydrogens (tertiary/aromatic N) is 1. The number of halogens is 3. The minimum Gasteiger partial charge on any atom is -0.406 e. The maximum Gasteiger partial charge on any atom is 0.573 e. The molecule has 1 N–H and O–H groups in total. The first-order valence-electron chi connectivity index (χ1n) is 12.0. The predicted octanol–water partition coefficient (Wildman–Crippen LogP) is 6.99.